The van der Waals surface area contributed by atoms with Gasteiger partial charge in [0.1, 0.15) is 5.82 Å². The molecule has 96 valence electrons. The van der Waals surface area contributed by atoms with Crippen LogP contribution in [0.5, 0.6) is 11.5 Å². The second-order valence-corrected chi connectivity index (χ2v) is 4.01. The molecule has 1 aromatic heterocycles. The molecule has 0 amide bonds. The summed E-state index contributed by atoms with van der Waals surface area (Å²) in [5.41, 5.74) is 7.14. The molecule has 0 atom stereocenters. The number of rotatable bonds is 2. The van der Waals surface area contributed by atoms with Gasteiger partial charge in [0.25, 0.3) is 0 Å². The van der Waals surface area contributed by atoms with Gasteiger partial charge in [-0.25, -0.2) is 4.39 Å². The number of hydrogen-bond acceptors (Lipinski definition) is 4. The standard InChI is InChI=1S/C12H14FN3O2/c1-6-4-7(13)12(18-3)11(17)10(6)8-5-9(14)16(2)15-8/h4-5,17H,14H2,1-3H3. The number of aromatic nitrogens is 2. The van der Waals surface area contributed by atoms with E-state index in [2.05, 4.69) is 5.10 Å². The molecule has 2 rings (SSSR count). The van der Waals surface area contributed by atoms with E-state index >= 15 is 0 Å². The second kappa shape index (κ2) is 4.21. The first-order valence-electron chi connectivity index (χ1n) is 5.31. The van der Waals surface area contributed by atoms with E-state index in [9.17, 15) is 9.50 Å². The summed E-state index contributed by atoms with van der Waals surface area (Å²) < 4.78 is 19.9. The van der Waals surface area contributed by atoms with Gasteiger partial charge in [-0.15, -0.1) is 0 Å². The molecule has 18 heavy (non-hydrogen) atoms. The van der Waals surface area contributed by atoms with E-state index in [1.165, 1.54) is 17.9 Å². The Kier molecular flexibility index (Phi) is 2.86. The molecular formula is C12H14FN3O2. The molecule has 3 N–H and O–H groups in total. The smallest absolute Gasteiger partial charge is 0.197 e. The average molecular weight is 251 g/mol. The fourth-order valence-electron chi connectivity index (χ4n) is 1.86. The third-order valence-corrected chi connectivity index (χ3v) is 2.78. The quantitative estimate of drug-likeness (QED) is 0.854. The number of anilines is 1. The highest BCUT2D eigenvalue weighted by atomic mass is 19.1. The molecule has 0 spiro atoms. The summed E-state index contributed by atoms with van der Waals surface area (Å²) in [5, 5.41) is 14.2. The van der Waals surface area contributed by atoms with Crippen molar-refractivity contribution >= 4 is 5.82 Å². The zero-order valence-electron chi connectivity index (χ0n) is 10.4. The molecule has 1 aromatic carbocycles. The predicted molar refractivity (Wildman–Crippen MR) is 66.0 cm³/mol. The van der Waals surface area contributed by atoms with E-state index in [4.69, 9.17) is 10.5 Å². The molecule has 0 unspecified atom stereocenters. The van der Waals surface area contributed by atoms with Crippen molar-refractivity contribution in [3.63, 3.8) is 0 Å². The van der Waals surface area contributed by atoms with Crippen molar-refractivity contribution in [1.82, 2.24) is 9.78 Å². The van der Waals surface area contributed by atoms with Crippen molar-refractivity contribution in [1.29, 1.82) is 0 Å². The van der Waals surface area contributed by atoms with Gasteiger partial charge in [0.15, 0.2) is 17.3 Å². The number of ether oxygens (including phenoxy) is 1. The summed E-state index contributed by atoms with van der Waals surface area (Å²) in [6, 6.07) is 2.90. The number of nitrogen functional groups attached to an aromatic ring is 1. The van der Waals surface area contributed by atoms with Crippen LogP contribution < -0.4 is 10.5 Å². The maximum Gasteiger partial charge on any atom is 0.197 e. The second-order valence-electron chi connectivity index (χ2n) is 4.01. The van der Waals surface area contributed by atoms with Gasteiger partial charge < -0.3 is 15.6 Å². The van der Waals surface area contributed by atoms with Gasteiger partial charge in [-0.1, -0.05) is 0 Å². The maximum absolute atomic E-state index is 13.6. The van der Waals surface area contributed by atoms with Crippen LogP contribution in [-0.4, -0.2) is 22.0 Å². The van der Waals surface area contributed by atoms with Crippen molar-refractivity contribution in [3.05, 3.63) is 23.5 Å². The fourth-order valence-corrected chi connectivity index (χ4v) is 1.86. The number of benzene rings is 1. The molecule has 0 aliphatic rings. The van der Waals surface area contributed by atoms with Crippen molar-refractivity contribution in [3.8, 4) is 22.8 Å². The summed E-state index contributed by atoms with van der Waals surface area (Å²) >= 11 is 0. The molecule has 0 saturated heterocycles. The van der Waals surface area contributed by atoms with Crippen LogP contribution in [0, 0.1) is 12.7 Å². The van der Waals surface area contributed by atoms with Gasteiger partial charge in [-0.05, 0) is 18.6 Å². The normalized spacial score (nSPS) is 10.7. The zero-order valence-corrected chi connectivity index (χ0v) is 10.4. The Hall–Kier alpha value is -2.24. The molecule has 1 heterocycles. The van der Waals surface area contributed by atoms with Gasteiger partial charge in [0.2, 0.25) is 0 Å². The first-order chi connectivity index (χ1) is 8.45. The number of aromatic hydroxyl groups is 1. The number of phenolic OH excluding ortho intramolecular Hbond substituents is 1. The summed E-state index contributed by atoms with van der Waals surface area (Å²) in [6.45, 7) is 1.68. The highest BCUT2D eigenvalue weighted by molar-refractivity contribution is 5.75. The summed E-state index contributed by atoms with van der Waals surface area (Å²) in [5.74, 6) is -0.625. The van der Waals surface area contributed by atoms with E-state index in [-0.39, 0.29) is 11.5 Å². The summed E-state index contributed by atoms with van der Waals surface area (Å²) in [4.78, 5) is 0. The van der Waals surface area contributed by atoms with Gasteiger partial charge in [0.05, 0.1) is 18.4 Å². The Balaban J connectivity index is 2.71. The predicted octanol–water partition coefficient (Wildman–Crippen LogP) is 1.83. The first-order valence-corrected chi connectivity index (χ1v) is 5.31. The molecule has 0 saturated carbocycles. The molecule has 0 aliphatic carbocycles. The molecule has 0 fully saturated rings. The fraction of sp³-hybridized carbons (Fsp3) is 0.250. The van der Waals surface area contributed by atoms with Crippen LogP contribution in [-0.2, 0) is 7.05 Å². The Morgan fingerprint density at radius 1 is 1.44 bits per heavy atom. The molecular weight excluding hydrogens is 237 g/mol. The number of hydrogen-bond donors (Lipinski definition) is 2. The SMILES string of the molecule is COc1c(F)cc(C)c(-c2cc(N)n(C)n2)c1O. The summed E-state index contributed by atoms with van der Waals surface area (Å²) in [6.07, 6.45) is 0. The lowest BCUT2D eigenvalue weighted by Crippen LogP contribution is -1.97. The van der Waals surface area contributed by atoms with Gasteiger partial charge >= 0.3 is 0 Å². The van der Waals surface area contributed by atoms with E-state index in [1.807, 2.05) is 0 Å². The minimum atomic E-state index is -0.611. The minimum Gasteiger partial charge on any atom is -0.504 e. The highest BCUT2D eigenvalue weighted by Crippen LogP contribution is 2.41. The number of methoxy groups -OCH3 is 1. The Labute approximate surface area is 104 Å². The number of phenols is 1. The third kappa shape index (κ3) is 1.75. The van der Waals surface area contributed by atoms with Crippen molar-refractivity contribution in [2.75, 3.05) is 12.8 Å². The van der Waals surface area contributed by atoms with Gasteiger partial charge in [-0.3, -0.25) is 4.68 Å². The molecule has 5 nitrogen and oxygen atoms in total. The van der Waals surface area contributed by atoms with Crippen LogP contribution in [0.15, 0.2) is 12.1 Å². The highest BCUT2D eigenvalue weighted by Gasteiger charge is 2.20. The first kappa shape index (κ1) is 12.2. The van der Waals surface area contributed by atoms with Crippen LogP contribution >= 0.6 is 0 Å². The Morgan fingerprint density at radius 2 is 2.11 bits per heavy atom. The molecule has 2 aromatic rings. The number of nitrogens with zero attached hydrogens (tertiary/aromatic N) is 2. The third-order valence-electron chi connectivity index (χ3n) is 2.78. The van der Waals surface area contributed by atoms with E-state index in [0.29, 0.717) is 22.6 Å². The topological polar surface area (TPSA) is 73.3 Å². The Bertz CT molecular complexity index is 588. The van der Waals surface area contributed by atoms with E-state index < -0.39 is 5.82 Å². The molecule has 6 heteroatoms. The number of halogens is 1. The molecule has 0 aliphatic heterocycles. The van der Waals surface area contributed by atoms with Crippen LogP contribution in [0.1, 0.15) is 5.56 Å². The molecule has 0 radical (unpaired) electrons. The van der Waals surface area contributed by atoms with Gasteiger partial charge in [0, 0.05) is 13.1 Å². The lowest BCUT2D eigenvalue weighted by molar-refractivity contribution is 0.351. The van der Waals surface area contributed by atoms with Crippen molar-refractivity contribution in [2.45, 2.75) is 6.92 Å². The average Bonchev–Trinajstić information content (AvgIpc) is 2.58. The van der Waals surface area contributed by atoms with E-state index in [1.54, 1.807) is 20.0 Å². The maximum atomic E-state index is 13.6. The van der Waals surface area contributed by atoms with Crippen LogP contribution in [0.4, 0.5) is 10.2 Å². The number of nitrogens with two attached hydrogens (primary N) is 1. The van der Waals surface area contributed by atoms with Crippen LogP contribution in [0.3, 0.4) is 0 Å². The van der Waals surface area contributed by atoms with Crippen molar-refractivity contribution < 1.29 is 14.2 Å². The van der Waals surface area contributed by atoms with Crippen molar-refractivity contribution in [2.24, 2.45) is 7.05 Å². The summed E-state index contributed by atoms with van der Waals surface area (Å²) in [7, 11) is 2.98. The largest absolute Gasteiger partial charge is 0.504 e. The Morgan fingerprint density at radius 3 is 2.61 bits per heavy atom. The number of aryl methyl sites for hydroxylation is 2. The van der Waals surface area contributed by atoms with Crippen LogP contribution in [0.2, 0.25) is 0 Å². The lowest BCUT2D eigenvalue weighted by atomic mass is 10.0. The minimum absolute atomic E-state index is 0.195. The van der Waals surface area contributed by atoms with E-state index in [0.717, 1.165) is 0 Å². The molecule has 0 bridgehead atoms. The lowest BCUT2D eigenvalue weighted by Gasteiger charge is -2.11. The van der Waals surface area contributed by atoms with Gasteiger partial charge in [-0.2, -0.15) is 5.10 Å². The van der Waals surface area contributed by atoms with Crippen LogP contribution in [0.25, 0.3) is 11.3 Å². The monoisotopic (exact) mass is 251 g/mol. The zero-order chi connectivity index (χ0) is 13.4.